The quantitative estimate of drug-likeness (QED) is 0.176. The van der Waals surface area contributed by atoms with Crippen molar-refractivity contribution >= 4 is 75.7 Å². The standard InChI is InChI=1S/C20H17N7O7S3/c21-20-24-15(26-37-20)12(25-34-7-11(28)29)16(30)23-13-17(31)27-14(19(32)33)10(8-36-18(13)27)35-5-3-9-2-1-4-22-6-9/h1-6,13,18H,7-8H2,(H,23,30)(H,28,29)(H,32,33)(H2,21,24,26)/b5-3-,25-12?/t13?,18-/m1/s1. The smallest absolute Gasteiger partial charge is 0.353 e. The number of oxime groups is 1. The predicted molar refractivity (Wildman–Crippen MR) is 135 cm³/mol. The molecule has 2 atom stereocenters. The van der Waals surface area contributed by atoms with E-state index in [1.807, 2.05) is 6.07 Å². The maximum atomic E-state index is 12.9. The van der Waals surface area contributed by atoms with Crippen LogP contribution >= 0.6 is 35.1 Å². The number of aromatic nitrogens is 3. The lowest BCUT2D eigenvalue weighted by Crippen LogP contribution is -2.71. The summed E-state index contributed by atoms with van der Waals surface area (Å²) < 4.78 is 3.87. The minimum atomic E-state index is -1.32. The molecule has 1 saturated heterocycles. The number of nitrogens with zero attached hydrogens (tertiary/aromatic N) is 5. The molecule has 0 aliphatic carbocycles. The van der Waals surface area contributed by atoms with Crippen LogP contribution in [0, 0.1) is 0 Å². The van der Waals surface area contributed by atoms with Gasteiger partial charge >= 0.3 is 11.9 Å². The number of β-lactam (4-membered cyclic amide) rings is 1. The molecule has 0 spiro atoms. The topological polar surface area (TPSA) is 210 Å². The summed E-state index contributed by atoms with van der Waals surface area (Å²) in [4.78, 5) is 62.7. The van der Waals surface area contributed by atoms with Crippen LogP contribution < -0.4 is 11.1 Å². The molecule has 37 heavy (non-hydrogen) atoms. The number of nitrogen functional groups attached to an aromatic ring is 1. The third kappa shape index (κ3) is 5.89. The van der Waals surface area contributed by atoms with Crippen molar-refractivity contribution in [1.82, 2.24) is 24.6 Å². The summed E-state index contributed by atoms with van der Waals surface area (Å²) in [6.07, 6.45) is 5.06. The Morgan fingerprint density at radius 2 is 2.19 bits per heavy atom. The summed E-state index contributed by atoms with van der Waals surface area (Å²) in [5, 5.41) is 25.6. The fourth-order valence-electron chi connectivity index (χ4n) is 3.23. The van der Waals surface area contributed by atoms with Gasteiger partial charge in [0.1, 0.15) is 17.1 Å². The average molecular weight is 564 g/mol. The monoisotopic (exact) mass is 563 g/mol. The van der Waals surface area contributed by atoms with Crippen LogP contribution in [-0.2, 0) is 24.0 Å². The number of carbonyl (C=O) groups is 4. The Morgan fingerprint density at radius 1 is 1.38 bits per heavy atom. The third-order valence-corrected chi connectivity index (χ3v) is 7.69. The number of carboxylic acids is 2. The van der Waals surface area contributed by atoms with E-state index in [0.717, 1.165) is 22.0 Å². The van der Waals surface area contributed by atoms with Crippen molar-refractivity contribution < 1.29 is 34.2 Å². The fourth-order valence-corrected chi connectivity index (χ4v) is 6.02. The zero-order valence-corrected chi connectivity index (χ0v) is 21.0. The van der Waals surface area contributed by atoms with Crippen LogP contribution in [0.5, 0.6) is 0 Å². The molecule has 2 aliphatic heterocycles. The van der Waals surface area contributed by atoms with Gasteiger partial charge in [0.05, 0.1) is 0 Å². The third-order valence-electron chi connectivity index (χ3n) is 4.79. The lowest BCUT2D eigenvalue weighted by Gasteiger charge is -2.49. The Kier molecular flexibility index (Phi) is 8.04. The average Bonchev–Trinajstić information content (AvgIpc) is 3.30. The van der Waals surface area contributed by atoms with Crippen LogP contribution in [0.1, 0.15) is 11.4 Å². The molecule has 1 unspecified atom stereocenters. The van der Waals surface area contributed by atoms with Gasteiger partial charge in [-0.3, -0.25) is 19.5 Å². The van der Waals surface area contributed by atoms with Crippen molar-refractivity contribution in [2.75, 3.05) is 18.1 Å². The first-order valence-electron chi connectivity index (χ1n) is 10.2. The molecule has 4 heterocycles. The first-order valence-corrected chi connectivity index (χ1v) is 12.9. The van der Waals surface area contributed by atoms with Crippen molar-refractivity contribution in [2.45, 2.75) is 11.4 Å². The van der Waals surface area contributed by atoms with Gasteiger partial charge in [0, 0.05) is 34.6 Å². The Hall–Kier alpha value is -3.96. The Morgan fingerprint density at radius 3 is 2.84 bits per heavy atom. The summed E-state index contributed by atoms with van der Waals surface area (Å²) in [7, 11) is 0. The van der Waals surface area contributed by atoms with E-state index in [2.05, 4.69) is 29.7 Å². The van der Waals surface area contributed by atoms with E-state index < -0.39 is 47.5 Å². The van der Waals surface area contributed by atoms with Crippen LogP contribution in [0.15, 0.2) is 45.7 Å². The highest BCUT2D eigenvalue weighted by Gasteiger charge is 2.54. The minimum Gasteiger partial charge on any atom is -0.479 e. The number of nitrogens with one attached hydrogen (secondary N) is 1. The van der Waals surface area contributed by atoms with Crippen molar-refractivity contribution in [3.63, 3.8) is 0 Å². The molecule has 0 saturated carbocycles. The van der Waals surface area contributed by atoms with Crippen molar-refractivity contribution in [2.24, 2.45) is 5.16 Å². The number of amides is 2. The molecule has 0 bridgehead atoms. The molecule has 192 valence electrons. The van der Waals surface area contributed by atoms with Crippen molar-refractivity contribution in [1.29, 1.82) is 0 Å². The number of fused-ring (bicyclic) bond motifs is 1. The van der Waals surface area contributed by atoms with Crippen LogP contribution in [0.2, 0.25) is 0 Å². The van der Waals surface area contributed by atoms with E-state index >= 15 is 0 Å². The molecule has 14 nitrogen and oxygen atoms in total. The van der Waals surface area contributed by atoms with Gasteiger partial charge in [0.2, 0.25) is 18.1 Å². The first kappa shape index (κ1) is 26.1. The summed E-state index contributed by atoms with van der Waals surface area (Å²) in [6, 6.07) is 2.55. The number of hydrogen-bond donors (Lipinski definition) is 4. The lowest BCUT2D eigenvalue weighted by atomic mass is 10.0. The number of pyridine rings is 1. The van der Waals surface area contributed by atoms with E-state index in [-0.39, 0.29) is 22.4 Å². The zero-order chi connectivity index (χ0) is 26.5. The van der Waals surface area contributed by atoms with Gasteiger partial charge in [-0.05, 0) is 23.1 Å². The molecule has 5 N–H and O–H groups in total. The molecule has 2 amide bonds. The van der Waals surface area contributed by atoms with Gasteiger partial charge in [0.15, 0.2) is 5.13 Å². The van der Waals surface area contributed by atoms with E-state index in [1.54, 1.807) is 29.9 Å². The molecule has 4 rings (SSSR count). The lowest BCUT2D eigenvalue weighted by molar-refractivity contribution is -0.150. The summed E-state index contributed by atoms with van der Waals surface area (Å²) in [5.74, 6) is -4.06. The molecule has 17 heteroatoms. The molecule has 1 fully saturated rings. The Bertz CT molecular complexity index is 1330. The normalized spacial score (nSPS) is 19.4. The number of hydrogen-bond acceptors (Lipinski definition) is 13. The second-order valence-electron chi connectivity index (χ2n) is 7.21. The highest BCUT2D eigenvalue weighted by atomic mass is 32.2. The molecule has 2 aromatic rings. The number of anilines is 1. The van der Waals surface area contributed by atoms with Crippen LogP contribution in [0.25, 0.3) is 6.08 Å². The van der Waals surface area contributed by atoms with Gasteiger partial charge in [-0.1, -0.05) is 23.0 Å². The molecule has 2 aliphatic rings. The summed E-state index contributed by atoms with van der Waals surface area (Å²) in [5.41, 5.74) is 5.75. The Balaban J connectivity index is 1.48. The molecule has 0 aromatic carbocycles. The van der Waals surface area contributed by atoms with Crippen LogP contribution in [0.3, 0.4) is 0 Å². The largest absolute Gasteiger partial charge is 0.479 e. The van der Waals surface area contributed by atoms with Crippen LogP contribution in [0.4, 0.5) is 5.13 Å². The number of rotatable bonds is 10. The molecular formula is C20H17N7O7S3. The maximum absolute atomic E-state index is 12.9. The highest BCUT2D eigenvalue weighted by molar-refractivity contribution is 8.08. The minimum absolute atomic E-state index is 0.0290. The second-order valence-corrected chi connectivity index (χ2v) is 10.1. The van der Waals surface area contributed by atoms with Gasteiger partial charge < -0.3 is 26.1 Å². The molecular weight excluding hydrogens is 546 g/mol. The van der Waals surface area contributed by atoms with Crippen molar-refractivity contribution in [3.05, 3.63) is 51.9 Å². The van der Waals surface area contributed by atoms with E-state index in [9.17, 15) is 24.3 Å². The molecule has 2 aromatic heterocycles. The highest BCUT2D eigenvalue weighted by Crippen LogP contribution is 2.43. The maximum Gasteiger partial charge on any atom is 0.353 e. The number of thioether (sulfide) groups is 2. The van der Waals surface area contributed by atoms with Gasteiger partial charge in [-0.15, -0.1) is 11.8 Å². The number of carbonyl (C=O) groups excluding carboxylic acids is 2. The fraction of sp³-hybridized carbons (Fsp3) is 0.200. The van der Waals surface area contributed by atoms with E-state index in [4.69, 9.17) is 10.8 Å². The van der Waals surface area contributed by atoms with Gasteiger partial charge in [0.25, 0.3) is 11.8 Å². The number of nitrogens with two attached hydrogens (primary N) is 1. The molecule has 0 radical (unpaired) electrons. The SMILES string of the molecule is Nc1nc(C(=NOCC(=O)O)C(=O)NC2C(=O)N3C(C(=O)O)=C(S/C=C\c4cccnc4)CS[C@H]23)ns1. The van der Waals surface area contributed by atoms with Crippen molar-refractivity contribution in [3.8, 4) is 0 Å². The summed E-state index contributed by atoms with van der Waals surface area (Å²) in [6.45, 7) is -0.826. The van der Waals surface area contributed by atoms with Crippen LogP contribution in [-0.4, -0.2) is 82.7 Å². The zero-order valence-electron chi connectivity index (χ0n) is 18.5. The predicted octanol–water partition coefficient (Wildman–Crippen LogP) is 0.421. The number of carboxylic acid groups (broad SMARTS) is 2. The van der Waals surface area contributed by atoms with E-state index in [1.165, 1.54) is 23.5 Å². The summed E-state index contributed by atoms with van der Waals surface area (Å²) >= 11 is 3.24. The second kappa shape index (κ2) is 11.4. The number of aliphatic carboxylic acids is 2. The van der Waals surface area contributed by atoms with Gasteiger partial charge in [-0.2, -0.15) is 9.36 Å². The first-order chi connectivity index (χ1) is 17.8. The van der Waals surface area contributed by atoms with Gasteiger partial charge in [-0.25, -0.2) is 9.59 Å². The van der Waals surface area contributed by atoms with E-state index in [0.29, 0.717) is 4.91 Å². The Labute approximate surface area is 220 Å².